The van der Waals surface area contributed by atoms with Crippen LogP contribution in [0.1, 0.15) is 55.2 Å². The van der Waals surface area contributed by atoms with Gasteiger partial charge in [0.15, 0.2) is 0 Å². The van der Waals surface area contributed by atoms with Gasteiger partial charge in [-0.15, -0.1) is 0 Å². The summed E-state index contributed by atoms with van der Waals surface area (Å²) >= 11 is 6.26. The second kappa shape index (κ2) is 36.5. The summed E-state index contributed by atoms with van der Waals surface area (Å²) < 4.78 is 58.2. The van der Waals surface area contributed by atoms with E-state index in [-0.39, 0.29) is 44.1 Å². The van der Waals surface area contributed by atoms with Crippen LogP contribution in [0.4, 0.5) is 4.39 Å². The zero-order valence-corrected chi connectivity index (χ0v) is 61.4. The number of rotatable bonds is 22. The van der Waals surface area contributed by atoms with Crippen molar-refractivity contribution in [1.82, 2.24) is 39.1 Å². The van der Waals surface area contributed by atoms with Gasteiger partial charge in [0.2, 0.25) is 0 Å². The van der Waals surface area contributed by atoms with Crippen LogP contribution in [0.5, 0.6) is 17.2 Å². The number of carbonyl (C=O) groups excluding carboxylic acids is 4. The van der Waals surface area contributed by atoms with E-state index in [1.54, 1.807) is 26.2 Å². The van der Waals surface area contributed by atoms with Crippen molar-refractivity contribution in [2.45, 2.75) is 84.8 Å². The first-order chi connectivity index (χ1) is 52.7. The van der Waals surface area contributed by atoms with Crippen LogP contribution in [0.2, 0.25) is 5.02 Å². The summed E-state index contributed by atoms with van der Waals surface area (Å²) in [6.45, 7) is 3.86. The van der Waals surface area contributed by atoms with E-state index >= 15 is 0 Å². The topological polar surface area (TPSA) is 204 Å². The summed E-state index contributed by atoms with van der Waals surface area (Å²) in [6.07, 6.45) is 7.92. The number of carbonyl (C=O) groups is 4. The van der Waals surface area contributed by atoms with E-state index in [4.69, 9.17) is 55.0 Å². The summed E-state index contributed by atoms with van der Waals surface area (Å²) in [5.74, 6) is 1.17. The maximum absolute atomic E-state index is 14.7. The highest BCUT2D eigenvalue weighted by molar-refractivity contribution is 6.33. The molecule has 21 heteroatoms. The molecule has 550 valence electrons. The Bertz CT molecular complexity index is 5240. The normalized spacial score (nSPS) is 11.9. The number of aryl methyl sites for hydroxylation is 1. The monoisotopic (exact) mass is 1470 g/mol. The number of benzene rings is 10. The largest absolute Gasteiger partial charge is 0.494 e. The molecule has 1 fully saturated rings. The Kier molecular flexibility index (Phi) is 25.5. The van der Waals surface area contributed by atoms with E-state index < -0.39 is 11.8 Å². The van der Waals surface area contributed by atoms with Crippen LogP contribution in [0.25, 0.3) is 88.6 Å². The summed E-state index contributed by atoms with van der Waals surface area (Å²) in [5, 5.41) is 22.8. The third-order valence-corrected chi connectivity index (χ3v) is 18.9. The molecule has 10 aromatic carbocycles. The van der Waals surface area contributed by atoms with Gasteiger partial charge in [0.05, 0.1) is 62.1 Å². The number of esters is 4. The van der Waals surface area contributed by atoms with Crippen molar-refractivity contribution in [1.29, 1.82) is 0 Å². The predicted molar refractivity (Wildman–Crippen MR) is 417 cm³/mol. The number of aromatic nitrogens is 8. The number of halogens is 2. The van der Waals surface area contributed by atoms with Gasteiger partial charge in [0, 0.05) is 43.8 Å². The van der Waals surface area contributed by atoms with E-state index in [9.17, 15) is 23.6 Å². The first-order valence-corrected chi connectivity index (χ1v) is 36.0. The zero-order valence-electron chi connectivity index (χ0n) is 60.7. The third kappa shape index (κ3) is 18.8. The van der Waals surface area contributed by atoms with Gasteiger partial charge in [-0.25, -0.2) is 4.39 Å². The Morgan fingerprint density at radius 1 is 0.398 bits per heavy atom. The molecule has 0 aliphatic heterocycles. The lowest BCUT2D eigenvalue weighted by molar-refractivity contribution is -0.142. The highest BCUT2D eigenvalue weighted by Gasteiger charge is 2.22. The number of methoxy groups -OCH3 is 4. The molecule has 4 heterocycles. The van der Waals surface area contributed by atoms with Crippen molar-refractivity contribution in [3.8, 4) is 62.3 Å². The second-order valence-corrected chi connectivity index (χ2v) is 26.1. The molecule has 0 spiro atoms. The molecule has 0 atom stereocenters. The van der Waals surface area contributed by atoms with E-state index in [0.717, 1.165) is 125 Å². The third-order valence-electron chi connectivity index (χ3n) is 18.6. The van der Waals surface area contributed by atoms with Crippen LogP contribution in [0.15, 0.2) is 243 Å². The average Bonchev–Trinajstić information content (AvgIpc) is 1.67. The van der Waals surface area contributed by atoms with Crippen LogP contribution < -0.4 is 14.2 Å². The molecule has 1 aliphatic rings. The molecule has 0 amide bonds. The molecule has 4 aromatic heterocycles. The predicted octanol–water partition coefficient (Wildman–Crippen LogP) is 18.1. The van der Waals surface area contributed by atoms with E-state index in [1.165, 1.54) is 71.3 Å². The maximum atomic E-state index is 14.7. The Morgan fingerprint density at radius 2 is 0.787 bits per heavy atom. The van der Waals surface area contributed by atoms with Crippen molar-refractivity contribution >= 4 is 79.1 Å². The number of hydrogen-bond acceptors (Lipinski definition) is 15. The Labute approximate surface area is 629 Å². The first-order valence-electron chi connectivity index (χ1n) is 35.6. The summed E-state index contributed by atoms with van der Waals surface area (Å²) in [6, 6.07) is 77.0. The van der Waals surface area contributed by atoms with Gasteiger partial charge < -0.3 is 33.2 Å². The number of hydrogen-bond donors (Lipinski definition) is 0. The number of fused-ring (bicyclic) bond motifs is 4. The summed E-state index contributed by atoms with van der Waals surface area (Å²) in [7, 11) is 5.46. The number of ether oxygens (including phenoxy) is 7. The molecule has 1 saturated carbocycles. The molecular weight excluding hydrogens is 1390 g/mol. The fourth-order valence-electron chi connectivity index (χ4n) is 13.0. The Morgan fingerprint density at radius 3 is 1.26 bits per heavy atom. The quantitative estimate of drug-likeness (QED) is 0.0457. The van der Waals surface area contributed by atoms with Crippen LogP contribution in [-0.4, -0.2) is 98.0 Å². The van der Waals surface area contributed by atoms with Crippen LogP contribution in [0.3, 0.4) is 0 Å². The smallest absolute Gasteiger partial charge is 0.327 e. The zero-order chi connectivity index (χ0) is 75.3. The lowest BCUT2D eigenvalue weighted by Crippen LogP contribution is -2.12. The molecule has 1 aliphatic carbocycles. The van der Waals surface area contributed by atoms with E-state index in [1.807, 2.05) is 231 Å². The van der Waals surface area contributed by atoms with Crippen LogP contribution >= 0.6 is 11.6 Å². The maximum Gasteiger partial charge on any atom is 0.327 e. The lowest BCUT2D eigenvalue weighted by Gasteiger charge is -2.21. The number of nitrogens with zero attached hydrogens (tertiary/aromatic N) is 8. The van der Waals surface area contributed by atoms with Gasteiger partial charge in [-0.05, 0) is 109 Å². The number of para-hydroxylation sites is 4. The fourth-order valence-corrected chi connectivity index (χ4v) is 13.2. The Hall–Kier alpha value is -12.4. The standard InChI is InChI=1S/C24H22N2O3.C24H28N2O3.C23H19FN2O3.C16H13ClN2O2/c1-17-12-13-19(29-16-18-8-4-3-5-9-18)14-21(17)24-20-10-6-7-11-22(20)26(25-24)15-23(27)28-2;1-28-23(27)17-26-22-13-6-5-12-21(22)24(25-26)19-10-7-11-20(16-19)29-15-14-18-8-3-2-4-9-18;1-28-22(27)14-26-21-10-6-5-9-18(21)23(25-26)19-13-17(11-12-20(19)24)29-15-16-7-3-2-4-8-16;1-21-15(20)10-19-14-9-5-3-7-12(14)16(18-19)11-6-2-4-8-13(11)17/h3-14H,15-16H2,1-2H3;5-7,10-13,16,18H,2-4,8-9,14-15,17H2,1H3;2-13H,14-15H2,1H3;2-9H,10H2,1H3. The summed E-state index contributed by atoms with van der Waals surface area (Å²) in [4.78, 5) is 46.8. The van der Waals surface area contributed by atoms with Crippen molar-refractivity contribution in [2.24, 2.45) is 5.92 Å². The van der Waals surface area contributed by atoms with Gasteiger partial charge >= 0.3 is 23.9 Å². The van der Waals surface area contributed by atoms with Crippen LogP contribution in [0, 0.1) is 18.7 Å². The molecule has 0 unspecified atom stereocenters. The van der Waals surface area contributed by atoms with Gasteiger partial charge in [0.1, 0.15) is 85.2 Å². The molecule has 0 N–H and O–H groups in total. The highest BCUT2D eigenvalue weighted by atomic mass is 35.5. The SMILES string of the molecule is COC(=O)Cn1nc(-c2cc(OCc3ccccc3)ccc2C)c2ccccc21.COC(=O)Cn1nc(-c2cc(OCc3ccccc3)ccc2F)c2ccccc21.COC(=O)Cn1nc(-c2cccc(OCCC3CCCCC3)c2)c2ccccc21.COC(=O)Cn1nc(-c2ccccc2Cl)c2ccccc21. The molecule has 19 nitrogen and oxygen atoms in total. The molecule has 0 bridgehead atoms. The Balaban J connectivity index is 0.000000135. The minimum atomic E-state index is -0.426. The average molecular weight is 1470 g/mol. The van der Waals surface area contributed by atoms with Gasteiger partial charge in [-0.3, -0.25) is 37.9 Å². The molecule has 0 saturated heterocycles. The first kappa shape index (κ1) is 75.3. The summed E-state index contributed by atoms with van der Waals surface area (Å²) in [5.41, 5.74) is 12.6. The fraction of sp³-hybridized carbons (Fsp3) is 0.218. The van der Waals surface area contributed by atoms with E-state index in [0.29, 0.717) is 35.2 Å². The highest BCUT2D eigenvalue weighted by Crippen LogP contribution is 2.37. The van der Waals surface area contributed by atoms with Gasteiger partial charge in [-0.2, -0.15) is 20.4 Å². The van der Waals surface area contributed by atoms with Crippen molar-refractivity contribution in [3.63, 3.8) is 0 Å². The van der Waals surface area contributed by atoms with Crippen LogP contribution in [-0.2, 0) is 77.5 Å². The van der Waals surface area contributed by atoms with Gasteiger partial charge in [-0.1, -0.05) is 214 Å². The van der Waals surface area contributed by atoms with Crippen molar-refractivity contribution in [2.75, 3.05) is 35.0 Å². The molecule has 15 rings (SSSR count). The van der Waals surface area contributed by atoms with Crippen molar-refractivity contribution < 1.29 is 56.7 Å². The molecule has 0 radical (unpaired) electrons. The van der Waals surface area contributed by atoms with Crippen molar-refractivity contribution in [3.05, 3.63) is 270 Å². The van der Waals surface area contributed by atoms with Gasteiger partial charge in [0.25, 0.3) is 0 Å². The minimum Gasteiger partial charge on any atom is -0.494 e. The second-order valence-electron chi connectivity index (χ2n) is 25.7. The minimum absolute atomic E-state index is 0.0527. The molecule has 14 aromatic rings. The molecular formula is C87H82ClFN8O11. The van der Waals surface area contributed by atoms with E-state index in [2.05, 4.69) is 10.2 Å². The lowest BCUT2D eigenvalue weighted by atomic mass is 9.87. The molecule has 108 heavy (non-hydrogen) atoms.